The largest absolute Gasteiger partial charge is 0.423 e. The van der Waals surface area contributed by atoms with Gasteiger partial charge in [0, 0.05) is 5.39 Å². The van der Waals surface area contributed by atoms with Gasteiger partial charge in [-0.15, -0.1) is 11.3 Å². The molecule has 0 amide bonds. The molecule has 2 heterocycles. The number of fused-ring (bicyclic) bond motifs is 1. The van der Waals surface area contributed by atoms with Crippen molar-refractivity contribution >= 4 is 28.2 Å². The predicted molar refractivity (Wildman–Crippen MR) is 115 cm³/mol. The van der Waals surface area contributed by atoms with Crippen LogP contribution in [0.1, 0.15) is 32.6 Å². The fourth-order valence-corrected chi connectivity index (χ4v) is 4.08. The van der Waals surface area contributed by atoms with Gasteiger partial charge in [-0.1, -0.05) is 29.8 Å². The number of aryl methyl sites for hydroxylation is 3. The molecule has 0 unspecified atom stereocenters. The van der Waals surface area contributed by atoms with Crippen LogP contribution in [-0.4, -0.2) is 11.0 Å². The Morgan fingerprint density at radius 2 is 1.79 bits per heavy atom. The fraction of sp³-hybridized carbons (Fsp3) is 0.167. The molecule has 2 aromatic heterocycles. The molecule has 4 aromatic rings. The first kappa shape index (κ1) is 18.4. The quantitative estimate of drug-likeness (QED) is 0.301. The second-order valence-electron chi connectivity index (χ2n) is 7.10. The van der Waals surface area contributed by atoms with Gasteiger partial charge in [0.25, 0.3) is 0 Å². The maximum Gasteiger partial charge on any atom is 0.344 e. The Morgan fingerprint density at radius 1 is 0.964 bits per heavy atom. The van der Waals surface area contributed by atoms with Gasteiger partial charge in [0.15, 0.2) is 0 Å². The molecular weight excluding hydrogens is 366 g/mol. The van der Waals surface area contributed by atoms with E-state index in [1.807, 2.05) is 75.5 Å². The van der Waals surface area contributed by atoms with Gasteiger partial charge in [0.2, 0.25) is 0 Å². The van der Waals surface area contributed by atoms with Crippen LogP contribution in [0.15, 0.2) is 53.9 Å². The number of thiophene rings is 1. The molecular formula is C24H21NO2S. The fourth-order valence-electron chi connectivity index (χ4n) is 3.39. The van der Waals surface area contributed by atoms with Gasteiger partial charge in [-0.05, 0) is 74.0 Å². The highest BCUT2D eigenvalue weighted by Crippen LogP contribution is 2.31. The molecule has 0 N–H and O–H groups in total. The highest BCUT2D eigenvalue weighted by Gasteiger charge is 2.19. The number of pyridine rings is 1. The maximum absolute atomic E-state index is 13.2. The van der Waals surface area contributed by atoms with E-state index in [2.05, 4.69) is 6.07 Å². The number of carbonyl (C=O) groups is 1. The van der Waals surface area contributed by atoms with Crippen LogP contribution in [0.2, 0.25) is 0 Å². The minimum absolute atomic E-state index is 0.357. The summed E-state index contributed by atoms with van der Waals surface area (Å²) in [6, 6.07) is 15.7. The van der Waals surface area contributed by atoms with Crippen LogP contribution < -0.4 is 4.74 Å². The van der Waals surface area contributed by atoms with Crippen molar-refractivity contribution in [3.63, 3.8) is 0 Å². The van der Waals surface area contributed by atoms with Gasteiger partial charge in [-0.3, -0.25) is 0 Å². The minimum Gasteiger partial charge on any atom is -0.423 e. The summed E-state index contributed by atoms with van der Waals surface area (Å²) in [5, 5.41) is 2.84. The lowest BCUT2D eigenvalue weighted by Crippen LogP contribution is -2.11. The Kier molecular flexibility index (Phi) is 4.73. The van der Waals surface area contributed by atoms with E-state index < -0.39 is 0 Å². The molecule has 4 rings (SSSR count). The summed E-state index contributed by atoms with van der Waals surface area (Å²) in [5.74, 6) is 0.237. The molecule has 0 aliphatic carbocycles. The summed E-state index contributed by atoms with van der Waals surface area (Å²) >= 11 is 1.61. The Hall–Kier alpha value is -2.98. The molecule has 0 saturated carbocycles. The van der Waals surface area contributed by atoms with Crippen LogP contribution in [0.4, 0.5) is 0 Å². The van der Waals surface area contributed by atoms with Crippen LogP contribution >= 0.6 is 11.3 Å². The topological polar surface area (TPSA) is 39.2 Å². The zero-order valence-corrected chi connectivity index (χ0v) is 17.2. The van der Waals surface area contributed by atoms with Crippen molar-refractivity contribution in [1.29, 1.82) is 0 Å². The number of benzene rings is 2. The lowest BCUT2D eigenvalue weighted by molar-refractivity contribution is 0.0735. The van der Waals surface area contributed by atoms with Crippen LogP contribution in [0.3, 0.4) is 0 Å². The van der Waals surface area contributed by atoms with Crippen molar-refractivity contribution in [2.75, 3.05) is 0 Å². The monoisotopic (exact) mass is 387 g/mol. The van der Waals surface area contributed by atoms with E-state index in [1.54, 1.807) is 11.3 Å². The molecule has 2 aromatic carbocycles. The second kappa shape index (κ2) is 7.21. The van der Waals surface area contributed by atoms with E-state index in [9.17, 15) is 4.79 Å². The average molecular weight is 388 g/mol. The van der Waals surface area contributed by atoms with Crippen molar-refractivity contribution in [3.05, 3.63) is 81.7 Å². The van der Waals surface area contributed by atoms with Crippen molar-refractivity contribution in [3.8, 4) is 16.3 Å². The highest BCUT2D eigenvalue weighted by atomic mass is 32.1. The van der Waals surface area contributed by atoms with E-state index in [1.165, 1.54) is 0 Å². The van der Waals surface area contributed by atoms with Gasteiger partial charge < -0.3 is 4.74 Å². The van der Waals surface area contributed by atoms with E-state index >= 15 is 0 Å². The van der Waals surface area contributed by atoms with E-state index in [-0.39, 0.29) is 5.97 Å². The van der Waals surface area contributed by atoms with Crippen molar-refractivity contribution < 1.29 is 9.53 Å². The Balaban J connectivity index is 1.89. The number of carbonyl (C=O) groups excluding carboxylic acids is 1. The van der Waals surface area contributed by atoms with Crippen molar-refractivity contribution in [2.45, 2.75) is 27.7 Å². The number of hydrogen-bond donors (Lipinski definition) is 0. The number of rotatable bonds is 3. The molecule has 0 aliphatic rings. The van der Waals surface area contributed by atoms with Crippen LogP contribution in [0, 0.1) is 27.7 Å². The maximum atomic E-state index is 13.2. The number of esters is 1. The van der Waals surface area contributed by atoms with E-state index in [0.29, 0.717) is 11.3 Å². The third-order valence-corrected chi connectivity index (χ3v) is 5.89. The molecule has 0 aliphatic heterocycles. The number of aromatic nitrogens is 1. The Bertz CT molecular complexity index is 1190. The molecule has 4 heteroatoms. The third kappa shape index (κ3) is 3.32. The zero-order chi connectivity index (χ0) is 19.8. The zero-order valence-electron chi connectivity index (χ0n) is 16.4. The Morgan fingerprint density at radius 3 is 2.54 bits per heavy atom. The standard InChI is InChI=1S/C24H21NO2S/c1-14-11-16(3)23-18(12-14)19(13-20(25-23)22-9-6-10-28-22)24(26)27-21-8-5-7-15(2)17(21)4/h5-13H,1-4H3. The summed E-state index contributed by atoms with van der Waals surface area (Å²) in [6.45, 7) is 8.03. The summed E-state index contributed by atoms with van der Waals surface area (Å²) in [6.07, 6.45) is 0. The Labute approximate surface area is 168 Å². The van der Waals surface area contributed by atoms with Crippen LogP contribution in [-0.2, 0) is 0 Å². The number of hydrogen-bond acceptors (Lipinski definition) is 4. The normalized spacial score (nSPS) is 11.0. The molecule has 0 spiro atoms. The molecule has 0 radical (unpaired) electrons. The van der Waals surface area contributed by atoms with Crippen molar-refractivity contribution in [2.24, 2.45) is 0 Å². The first-order chi connectivity index (χ1) is 13.4. The molecule has 0 bridgehead atoms. The smallest absolute Gasteiger partial charge is 0.344 e. The van der Waals surface area contributed by atoms with Crippen molar-refractivity contribution in [1.82, 2.24) is 4.98 Å². The first-order valence-corrected chi connectivity index (χ1v) is 10.1. The summed E-state index contributed by atoms with van der Waals surface area (Å²) in [7, 11) is 0. The second-order valence-corrected chi connectivity index (χ2v) is 8.05. The summed E-state index contributed by atoms with van der Waals surface area (Å²) < 4.78 is 5.81. The molecule has 0 saturated heterocycles. The van der Waals surface area contributed by atoms with Gasteiger partial charge in [-0.2, -0.15) is 0 Å². The van der Waals surface area contributed by atoms with Gasteiger partial charge >= 0.3 is 5.97 Å². The molecule has 0 fully saturated rings. The lowest BCUT2D eigenvalue weighted by atomic mass is 10.0. The van der Waals surface area contributed by atoms with E-state index in [4.69, 9.17) is 9.72 Å². The molecule has 140 valence electrons. The minimum atomic E-state index is -0.357. The third-order valence-electron chi connectivity index (χ3n) is 5.00. The molecule has 28 heavy (non-hydrogen) atoms. The average Bonchev–Trinajstić information content (AvgIpc) is 3.19. The SMILES string of the molecule is Cc1cc(C)c2nc(-c3cccs3)cc(C(=O)Oc3cccc(C)c3C)c2c1. The van der Waals surface area contributed by atoms with Gasteiger partial charge in [0.1, 0.15) is 5.75 Å². The van der Waals surface area contributed by atoms with E-state index in [0.717, 1.165) is 43.7 Å². The lowest BCUT2D eigenvalue weighted by Gasteiger charge is -2.13. The molecule has 3 nitrogen and oxygen atoms in total. The first-order valence-electron chi connectivity index (χ1n) is 9.18. The summed E-state index contributed by atoms with van der Waals surface area (Å²) in [4.78, 5) is 19.1. The predicted octanol–water partition coefficient (Wildman–Crippen LogP) is 6.42. The van der Waals surface area contributed by atoms with Gasteiger partial charge in [0.05, 0.1) is 21.7 Å². The number of nitrogens with zero attached hydrogens (tertiary/aromatic N) is 1. The highest BCUT2D eigenvalue weighted by molar-refractivity contribution is 7.13. The van der Waals surface area contributed by atoms with Crippen LogP contribution in [0.25, 0.3) is 21.5 Å². The summed E-state index contributed by atoms with van der Waals surface area (Å²) in [5.41, 5.74) is 6.38. The van der Waals surface area contributed by atoms with Gasteiger partial charge in [-0.25, -0.2) is 9.78 Å². The molecule has 0 atom stereocenters. The number of ether oxygens (including phenoxy) is 1. The van der Waals surface area contributed by atoms with Crippen LogP contribution in [0.5, 0.6) is 5.75 Å².